The SMILES string of the molecule is CCCCCCCCC(=O)OCCC(C)CCOC(=O)CCCCCCCC.CCCCCCCCCC(=O)CCCCC(=O)OCCCCCCCC.CCCCCCCCCC(=O)OCC(C)(C)COC(=O)CCCCCCCCC.CCCCCCCOC(=O)CCCCC(=O)OCCCCCCC. The van der Waals surface area contributed by atoms with Crippen LogP contribution in [0.25, 0.3) is 0 Å². The van der Waals surface area contributed by atoms with Crippen LogP contribution in [-0.2, 0) is 71.5 Å². The van der Waals surface area contributed by atoms with Gasteiger partial charge in [-0.1, -0.05) is 339 Å². The topological polar surface area (TPSA) is 201 Å². The second kappa shape index (κ2) is 90.8. The molecule has 0 unspecified atom stereocenters. The van der Waals surface area contributed by atoms with Crippen molar-refractivity contribution in [2.45, 2.75) is 487 Å². The Balaban J connectivity index is -0.000000663. The Morgan fingerprint density at radius 3 is 0.589 bits per heavy atom. The van der Waals surface area contributed by atoms with Gasteiger partial charge in [-0.25, -0.2) is 0 Å². The molecule has 0 aliphatic carbocycles. The highest BCUT2D eigenvalue weighted by atomic mass is 16.6. The molecule has 0 N–H and O–H groups in total. The Kier molecular flexibility index (Phi) is 92.8. The molecule has 0 radical (unpaired) electrons. The maximum Gasteiger partial charge on any atom is 0.305 e. The molecule has 0 aromatic carbocycles. The fourth-order valence-corrected chi connectivity index (χ4v) is 11.9. The smallest absolute Gasteiger partial charge is 0.305 e. The molecule has 0 atom stereocenters. The number of unbranched alkanes of at least 4 members (excludes halogenated alkanes) is 43. The molecule has 0 amide bonds. The number of carbonyl (C=O) groups excluding carboxylic acids is 8. The minimum absolute atomic E-state index is 0.0759. The molecule has 0 spiro atoms. The number of hydrogen-bond donors (Lipinski definition) is 0. The maximum atomic E-state index is 11.9. The van der Waals surface area contributed by atoms with Crippen LogP contribution in [0.5, 0.6) is 0 Å². The molecule has 15 nitrogen and oxygen atoms in total. The van der Waals surface area contributed by atoms with Gasteiger partial charge in [-0.2, -0.15) is 0 Å². The van der Waals surface area contributed by atoms with Crippen LogP contribution < -0.4 is 0 Å². The Labute approximate surface area is 660 Å². The third-order valence-corrected chi connectivity index (χ3v) is 19.4. The lowest BCUT2D eigenvalue weighted by Gasteiger charge is -2.23. The first-order chi connectivity index (χ1) is 51.9. The van der Waals surface area contributed by atoms with Gasteiger partial charge < -0.3 is 33.2 Å². The summed E-state index contributed by atoms with van der Waals surface area (Å²) in [5.41, 5.74) is -0.342. The van der Waals surface area contributed by atoms with Gasteiger partial charge in [-0.15, -0.1) is 0 Å². The molecule has 0 saturated heterocycles. The summed E-state index contributed by atoms with van der Waals surface area (Å²) < 4.78 is 37.1. The molecule has 15 heteroatoms. The van der Waals surface area contributed by atoms with Crippen LogP contribution in [0.15, 0.2) is 0 Å². The van der Waals surface area contributed by atoms with Crippen molar-refractivity contribution in [3.63, 3.8) is 0 Å². The molecule has 0 fully saturated rings. The predicted molar refractivity (Wildman–Crippen MR) is 446 cm³/mol. The van der Waals surface area contributed by atoms with Crippen LogP contribution in [0.3, 0.4) is 0 Å². The highest BCUT2D eigenvalue weighted by Crippen LogP contribution is 2.20. The number of carbonyl (C=O) groups is 8. The van der Waals surface area contributed by atoms with E-state index in [1.165, 1.54) is 218 Å². The number of ether oxygens (including phenoxy) is 7. The third kappa shape index (κ3) is 98.0. The number of hydrogen-bond acceptors (Lipinski definition) is 15. The minimum atomic E-state index is -0.342. The first-order valence-corrected chi connectivity index (χ1v) is 45.5. The van der Waals surface area contributed by atoms with Crippen molar-refractivity contribution in [3.05, 3.63) is 0 Å². The van der Waals surface area contributed by atoms with Gasteiger partial charge in [-0.05, 0) is 95.8 Å². The highest BCUT2D eigenvalue weighted by Gasteiger charge is 2.23. The third-order valence-electron chi connectivity index (χ3n) is 19.4. The van der Waals surface area contributed by atoms with Crippen LogP contribution >= 0.6 is 0 Å². The van der Waals surface area contributed by atoms with Gasteiger partial charge in [-0.3, -0.25) is 38.4 Å². The molecule has 0 saturated carbocycles. The van der Waals surface area contributed by atoms with E-state index in [9.17, 15) is 38.4 Å². The first-order valence-electron chi connectivity index (χ1n) is 45.5. The Bertz CT molecular complexity index is 1810. The van der Waals surface area contributed by atoms with Gasteiger partial charge in [0.2, 0.25) is 0 Å². The van der Waals surface area contributed by atoms with Crippen molar-refractivity contribution in [1.29, 1.82) is 0 Å². The molecule has 0 aliphatic rings. The number of rotatable bonds is 77. The van der Waals surface area contributed by atoms with Gasteiger partial charge in [0.05, 0.1) is 46.2 Å². The molecule has 0 bridgehead atoms. The Hall–Kier alpha value is -4.04. The largest absolute Gasteiger partial charge is 0.466 e. The molecule has 107 heavy (non-hydrogen) atoms. The van der Waals surface area contributed by atoms with Gasteiger partial charge in [0.1, 0.15) is 5.78 Å². The molecule has 0 aromatic rings. The predicted octanol–water partition coefficient (Wildman–Crippen LogP) is 27.1. The zero-order valence-electron chi connectivity index (χ0n) is 72.4. The van der Waals surface area contributed by atoms with E-state index in [1.54, 1.807) is 0 Å². The number of esters is 7. The fraction of sp³-hybridized carbons (Fsp3) is 0.913. The Morgan fingerprint density at radius 2 is 0.364 bits per heavy atom. The summed E-state index contributed by atoms with van der Waals surface area (Å²) in [6.45, 7) is 26.9. The normalized spacial score (nSPS) is 11.0. The van der Waals surface area contributed by atoms with Crippen molar-refractivity contribution >= 4 is 47.6 Å². The lowest BCUT2D eigenvalue weighted by Crippen LogP contribution is -2.28. The van der Waals surface area contributed by atoms with Crippen LogP contribution in [0.1, 0.15) is 487 Å². The number of ketones is 1. The second-order valence-electron chi connectivity index (χ2n) is 31.5. The molecule has 0 aliphatic heterocycles. The standard InChI is InChI=1S/C25H48O4.C24H46O4.C23H44O3.C20H38O4/c1-5-7-9-11-13-15-17-19-23(26)28-21-25(3,4)22-29-24(27)20-18-16-14-12-10-8-6-2;1-4-6-8-10-12-14-16-23(25)27-20-18-22(3)19-21-28-24(26)17-15-13-11-9-7-5-2;1-3-5-7-9-11-12-14-18-22(24)19-15-16-20-23(25)26-21-17-13-10-8-6-4-2;1-3-5-7-9-13-17-23-19(21)15-11-12-16-20(22)24-18-14-10-8-6-4-2/h5-22H2,1-4H3;22H,4-21H2,1-3H3;3-21H2,1-2H3;3-18H2,1-2H3. The maximum absolute atomic E-state index is 11.9. The fourth-order valence-electron chi connectivity index (χ4n) is 11.9. The van der Waals surface area contributed by atoms with E-state index in [-0.39, 0.29) is 47.2 Å². The molecule has 0 aromatic heterocycles. The van der Waals surface area contributed by atoms with E-state index in [1.807, 2.05) is 13.8 Å². The van der Waals surface area contributed by atoms with Crippen molar-refractivity contribution in [1.82, 2.24) is 0 Å². The zero-order valence-corrected chi connectivity index (χ0v) is 72.4. The van der Waals surface area contributed by atoms with Crippen molar-refractivity contribution in [2.24, 2.45) is 11.3 Å². The summed E-state index contributed by atoms with van der Waals surface area (Å²) in [5, 5.41) is 0. The summed E-state index contributed by atoms with van der Waals surface area (Å²) in [6, 6.07) is 0. The van der Waals surface area contributed by atoms with Crippen LogP contribution in [0, 0.1) is 11.3 Å². The van der Waals surface area contributed by atoms with E-state index in [4.69, 9.17) is 33.2 Å². The minimum Gasteiger partial charge on any atom is -0.466 e. The van der Waals surface area contributed by atoms with Gasteiger partial charge >= 0.3 is 41.8 Å². The lowest BCUT2D eigenvalue weighted by atomic mass is 9.96. The highest BCUT2D eigenvalue weighted by molar-refractivity contribution is 5.78. The average molecular weight is 1520 g/mol. The van der Waals surface area contributed by atoms with Gasteiger partial charge in [0.15, 0.2) is 0 Å². The molecular formula is C92H176O15. The van der Waals surface area contributed by atoms with E-state index in [2.05, 4.69) is 62.3 Å². The number of Topliss-reactive ketones (excluding diaryl/α,β-unsaturated/α-hetero) is 1. The van der Waals surface area contributed by atoms with E-state index in [0.717, 1.165) is 128 Å². The summed E-state index contributed by atoms with van der Waals surface area (Å²) in [7, 11) is 0. The van der Waals surface area contributed by atoms with Crippen molar-refractivity contribution in [2.75, 3.05) is 46.2 Å². The van der Waals surface area contributed by atoms with Crippen LogP contribution in [-0.4, -0.2) is 93.8 Å². The first kappa shape index (κ1) is 109. The summed E-state index contributed by atoms with van der Waals surface area (Å²) in [6.07, 6.45) is 67.6. The van der Waals surface area contributed by atoms with Gasteiger partial charge in [0, 0.05) is 63.2 Å². The van der Waals surface area contributed by atoms with E-state index in [0.29, 0.717) is 122 Å². The molecule has 634 valence electrons. The quantitative estimate of drug-likeness (QED) is 0.0316. The summed E-state index contributed by atoms with van der Waals surface area (Å²) >= 11 is 0. The van der Waals surface area contributed by atoms with Gasteiger partial charge in [0.25, 0.3) is 0 Å². The summed E-state index contributed by atoms with van der Waals surface area (Å²) in [4.78, 5) is 93.8. The molecular weight excluding hydrogens is 1340 g/mol. The lowest BCUT2D eigenvalue weighted by molar-refractivity contribution is -0.153. The van der Waals surface area contributed by atoms with E-state index >= 15 is 0 Å². The van der Waals surface area contributed by atoms with E-state index < -0.39 is 0 Å². The molecule has 0 heterocycles. The Morgan fingerprint density at radius 1 is 0.206 bits per heavy atom. The monoisotopic (exact) mass is 1520 g/mol. The second-order valence-corrected chi connectivity index (χ2v) is 31.5. The summed E-state index contributed by atoms with van der Waals surface area (Å²) in [5.74, 6) is -0.0616. The molecule has 0 rings (SSSR count). The van der Waals surface area contributed by atoms with Crippen LogP contribution in [0.2, 0.25) is 0 Å². The van der Waals surface area contributed by atoms with Crippen LogP contribution in [0.4, 0.5) is 0 Å². The van der Waals surface area contributed by atoms with Crippen molar-refractivity contribution < 1.29 is 71.5 Å². The zero-order chi connectivity index (χ0) is 79.9. The van der Waals surface area contributed by atoms with Crippen molar-refractivity contribution in [3.8, 4) is 0 Å². The average Bonchev–Trinajstić information content (AvgIpc) is 0.925.